The zero-order chi connectivity index (χ0) is 16.2. The third kappa shape index (κ3) is 4.62. The van der Waals surface area contributed by atoms with Crippen LogP contribution in [0.4, 0.5) is 5.82 Å². The smallest absolute Gasteiger partial charge is 0.211 e. The predicted molar refractivity (Wildman–Crippen MR) is 85.5 cm³/mol. The molecule has 0 spiro atoms. The maximum absolute atomic E-state index is 11.7. The van der Waals surface area contributed by atoms with Gasteiger partial charge in [-0.2, -0.15) is 0 Å². The van der Waals surface area contributed by atoms with Crippen LogP contribution < -0.4 is 5.32 Å². The van der Waals surface area contributed by atoms with Crippen LogP contribution in [0.5, 0.6) is 0 Å². The third-order valence-electron chi connectivity index (χ3n) is 3.74. The number of hydrogen-bond donors (Lipinski definition) is 1. The van der Waals surface area contributed by atoms with Gasteiger partial charge in [0.25, 0.3) is 0 Å². The van der Waals surface area contributed by atoms with Gasteiger partial charge in [0.05, 0.1) is 18.6 Å². The first-order valence-electron chi connectivity index (χ1n) is 7.43. The standard InChI is InChI=1S/C14H24N4O3S/c1-11-16-13(9-14(17-11)15-6-8-21-2)12-5-4-7-18(10-12)22(3,19)20/h9,12H,4-8,10H2,1-3H3,(H,15,16,17). The molecular formula is C14H24N4O3S. The second-order valence-corrected chi connectivity index (χ2v) is 7.59. The number of hydrogen-bond acceptors (Lipinski definition) is 6. The molecule has 0 bridgehead atoms. The Morgan fingerprint density at radius 2 is 2.23 bits per heavy atom. The highest BCUT2D eigenvalue weighted by molar-refractivity contribution is 7.88. The van der Waals surface area contributed by atoms with Crippen LogP contribution in [0.15, 0.2) is 6.07 Å². The van der Waals surface area contributed by atoms with Gasteiger partial charge >= 0.3 is 0 Å². The maximum atomic E-state index is 11.7. The topological polar surface area (TPSA) is 84.4 Å². The molecule has 22 heavy (non-hydrogen) atoms. The zero-order valence-electron chi connectivity index (χ0n) is 13.4. The van der Waals surface area contributed by atoms with Crippen LogP contribution in [-0.2, 0) is 14.8 Å². The normalized spacial score (nSPS) is 20.0. The summed E-state index contributed by atoms with van der Waals surface area (Å²) < 4.78 is 30.0. The van der Waals surface area contributed by atoms with Crippen molar-refractivity contribution in [3.63, 3.8) is 0 Å². The first-order chi connectivity index (χ1) is 10.4. The van der Waals surface area contributed by atoms with E-state index in [0.717, 1.165) is 24.4 Å². The Balaban J connectivity index is 2.13. The highest BCUT2D eigenvalue weighted by Gasteiger charge is 2.28. The van der Waals surface area contributed by atoms with Crippen molar-refractivity contribution in [1.82, 2.24) is 14.3 Å². The summed E-state index contributed by atoms with van der Waals surface area (Å²) in [6.45, 7) is 4.21. The van der Waals surface area contributed by atoms with Gasteiger partial charge in [0.2, 0.25) is 10.0 Å². The highest BCUT2D eigenvalue weighted by Crippen LogP contribution is 2.28. The average molecular weight is 328 g/mol. The number of ether oxygens (including phenoxy) is 1. The molecule has 1 fully saturated rings. The number of nitrogens with zero attached hydrogens (tertiary/aromatic N) is 3. The summed E-state index contributed by atoms with van der Waals surface area (Å²) in [4.78, 5) is 8.86. The first-order valence-corrected chi connectivity index (χ1v) is 9.28. The van der Waals surface area contributed by atoms with Gasteiger partial charge < -0.3 is 10.1 Å². The summed E-state index contributed by atoms with van der Waals surface area (Å²) in [5.41, 5.74) is 0.903. The molecule has 7 nitrogen and oxygen atoms in total. The molecule has 2 rings (SSSR count). The SMILES string of the molecule is COCCNc1cc(C2CCCN(S(C)(=O)=O)C2)nc(C)n1. The Kier molecular flexibility index (Phi) is 5.71. The van der Waals surface area contributed by atoms with Gasteiger partial charge in [-0.25, -0.2) is 22.7 Å². The fraction of sp³-hybridized carbons (Fsp3) is 0.714. The van der Waals surface area contributed by atoms with Crippen molar-refractivity contribution < 1.29 is 13.2 Å². The Morgan fingerprint density at radius 1 is 1.45 bits per heavy atom. The fourth-order valence-electron chi connectivity index (χ4n) is 2.66. The molecule has 0 aromatic carbocycles. The van der Waals surface area contributed by atoms with E-state index in [9.17, 15) is 8.42 Å². The summed E-state index contributed by atoms with van der Waals surface area (Å²) >= 11 is 0. The van der Waals surface area contributed by atoms with E-state index in [1.165, 1.54) is 10.6 Å². The van der Waals surface area contributed by atoms with Crippen molar-refractivity contribution in [2.75, 3.05) is 44.9 Å². The molecule has 1 aromatic rings. The zero-order valence-corrected chi connectivity index (χ0v) is 14.2. The lowest BCUT2D eigenvalue weighted by Gasteiger charge is -2.30. The number of nitrogens with one attached hydrogen (secondary N) is 1. The van der Waals surface area contributed by atoms with Crippen molar-refractivity contribution in [3.8, 4) is 0 Å². The van der Waals surface area contributed by atoms with E-state index < -0.39 is 10.0 Å². The van der Waals surface area contributed by atoms with Gasteiger partial charge in [-0.3, -0.25) is 0 Å². The van der Waals surface area contributed by atoms with Crippen LogP contribution in [0.25, 0.3) is 0 Å². The Morgan fingerprint density at radius 3 is 2.91 bits per heavy atom. The van der Waals surface area contributed by atoms with Crippen molar-refractivity contribution in [3.05, 3.63) is 17.6 Å². The highest BCUT2D eigenvalue weighted by atomic mass is 32.2. The maximum Gasteiger partial charge on any atom is 0.211 e. The monoisotopic (exact) mass is 328 g/mol. The van der Waals surface area contributed by atoms with Crippen molar-refractivity contribution in [2.45, 2.75) is 25.7 Å². The lowest BCUT2D eigenvalue weighted by atomic mass is 9.96. The molecule has 1 aromatic heterocycles. The quantitative estimate of drug-likeness (QED) is 0.784. The molecule has 0 radical (unpaired) electrons. The van der Waals surface area contributed by atoms with E-state index >= 15 is 0 Å². The summed E-state index contributed by atoms with van der Waals surface area (Å²) in [5.74, 6) is 1.57. The molecule has 0 aliphatic carbocycles. The van der Waals surface area contributed by atoms with Crippen LogP contribution in [0.2, 0.25) is 0 Å². The molecule has 8 heteroatoms. The third-order valence-corrected chi connectivity index (χ3v) is 5.01. The number of sulfonamides is 1. The molecule has 1 unspecified atom stereocenters. The number of rotatable bonds is 6. The summed E-state index contributed by atoms with van der Waals surface area (Å²) in [6, 6.07) is 1.92. The van der Waals surface area contributed by atoms with Crippen LogP contribution in [-0.4, -0.2) is 62.3 Å². The second kappa shape index (κ2) is 7.34. The average Bonchev–Trinajstić information content (AvgIpc) is 2.46. The van der Waals surface area contributed by atoms with E-state index in [4.69, 9.17) is 4.74 Å². The van der Waals surface area contributed by atoms with Gasteiger partial charge in [-0.15, -0.1) is 0 Å². The van der Waals surface area contributed by atoms with E-state index in [0.29, 0.717) is 32.1 Å². The van der Waals surface area contributed by atoms with Crippen LogP contribution >= 0.6 is 0 Å². The minimum Gasteiger partial charge on any atom is -0.383 e. The van der Waals surface area contributed by atoms with Gasteiger partial charge in [-0.1, -0.05) is 0 Å². The number of anilines is 1. The second-order valence-electron chi connectivity index (χ2n) is 5.60. The lowest BCUT2D eigenvalue weighted by molar-refractivity contribution is 0.210. The Hall–Kier alpha value is -1.25. The molecule has 1 N–H and O–H groups in total. The molecule has 0 amide bonds. The van der Waals surface area contributed by atoms with Gasteiger partial charge in [-0.05, 0) is 19.8 Å². The fourth-order valence-corrected chi connectivity index (χ4v) is 3.57. The molecule has 1 aliphatic rings. The number of aromatic nitrogens is 2. The van der Waals surface area contributed by atoms with E-state index in [1.807, 2.05) is 13.0 Å². The van der Waals surface area contributed by atoms with E-state index in [2.05, 4.69) is 15.3 Å². The van der Waals surface area contributed by atoms with E-state index in [-0.39, 0.29) is 5.92 Å². The minimum atomic E-state index is -3.15. The summed E-state index contributed by atoms with van der Waals surface area (Å²) in [5, 5.41) is 3.20. The van der Waals surface area contributed by atoms with Crippen LogP contribution in [0.3, 0.4) is 0 Å². The lowest BCUT2D eigenvalue weighted by Crippen LogP contribution is -2.38. The van der Waals surface area contributed by atoms with Crippen molar-refractivity contribution >= 4 is 15.8 Å². The summed E-state index contributed by atoms with van der Waals surface area (Å²) in [7, 11) is -1.49. The van der Waals surface area contributed by atoms with Gasteiger partial charge in [0.15, 0.2) is 0 Å². The molecule has 1 aliphatic heterocycles. The molecule has 2 heterocycles. The Bertz CT molecular complexity index is 606. The summed E-state index contributed by atoms with van der Waals surface area (Å²) in [6.07, 6.45) is 3.06. The van der Waals surface area contributed by atoms with Gasteiger partial charge in [0.1, 0.15) is 11.6 Å². The largest absolute Gasteiger partial charge is 0.383 e. The minimum absolute atomic E-state index is 0.119. The number of piperidine rings is 1. The van der Waals surface area contributed by atoms with Crippen molar-refractivity contribution in [2.24, 2.45) is 0 Å². The molecular weight excluding hydrogens is 304 g/mol. The van der Waals surface area contributed by atoms with Crippen LogP contribution in [0.1, 0.15) is 30.3 Å². The predicted octanol–water partition coefficient (Wildman–Crippen LogP) is 0.982. The van der Waals surface area contributed by atoms with E-state index in [1.54, 1.807) is 7.11 Å². The molecule has 0 saturated carbocycles. The molecule has 1 atom stereocenters. The Labute approximate surface area is 132 Å². The number of aryl methyl sites for hydroxylation is 1. The molecule has 1 saturated heterocycles. The molecule has 124 valence electrons. The van der Waals surface area contributed by atoms with Crippen LogP contribution in [0, 0.1) is 6.92 Å². The van der Waals surface area contributed by atoms with Crippen molar-refractivity contribution in [1.29, 1.82) is 0 Å². The number of methoxy groups -OCH3 is 1. The first kappa shape index (κ1) is 17.1. The van der Waals surface area contributed by atoms with Gasteiger partial charge in [0, 0.05) is 38.7 Å².